The molecule has 0 aliphatic carbocycles. The van der Waals surface area contributed by atoms with Crippen LogP contribution in [0.15, 0.2) is 21.2 Å². The van der Waals surface area contributed by atoms with Gasteiger partial charge in [0.05, 0.1) is 11.8 Å². The van der Waals surface area contributed by atoms with Gasteiger partial charge in [0.25, 0.3) is 5.89 Å². The molecule has 22 heavy (non-hydrogen) atoms. The third kappa shape index (κ3) is 4.70. The summed E-state index contributed by atoms with van der Waals surface area (Å²) < 4.78 is 10.8. The van der Waals surface area contributed by atoms with Crippen molar-refractivity contribution in [1.82, 2.24) is 20.4 Å². The van der Waals surface area contributed by atoms with Gasteiger partial charge >= 0.3 is 0 Å². The Labute approximate surface area is 129 Å². The van der Waals surface area contributed by atoms with Gasteiger partial charge in [0.2, 0.25) is 11.8 Å². The van der Waals surface area contributed by atoms with Crippen LogP contribution in [0.1, 0.15) is 24.5 Å². The van der Waals surface area contributed by atoms with E-state index in [4.69, 9.17) is 8.83 Å². The molecule has 7 heteroatoms. The molecule has 0 bridgehead atoms. The minimum absolute atomic E-state index is 0.00185. The molecule has 120 valence electrons. The van der Waals surface area contributed by atoms with Crippen LogP contribution < -0.4 is 5.32 Å². The average Bonchev–Trinajstić information content (AvgIpc) is 3.09. The maximum absolute atomic E-state index is 11.7. The maximum Gasteiger partial charge on any atom is 0.251 e. The Bertz CT molecular complexity index is 603. The van der Waals surface area contributed by atoms with Crippen LogP contribution in [0.4, 0.5) is 0 Å². The van der Waals surface area contributed by atoms with Crippen molar-refractivity contribution in [3.05, 3.63) is 24.0 Å². The molecule has 0 saturated carbocycles. The Morgan fingerprint density at radius 3 is 2.86 bits per heavy atom. The van der Waals surface area contributed by atoms with Crippen LogP contribution in [0.2, 0.25) is 0 Å². The van der Waals surface area contributed by atoms with Crippen molar-refractivity contribution in [2.45, 2.75) is 26.2 Å². The minimum atomic E-state index is -0.00185. The Morgan fingerprint density at radius 1 is 1.36 bits per heavy atom. The van der Waals surface area contributed by atoms with Gasteiger partial charge in [0, 0.05) is 19.4 Å². The molecule has 2 heterocycles. The Balaban J connectivity index is 1.74. The van der Waals surface area contributed by atoms with E-state index in [0.717, 1.165) is 24.3 Å². The summed E-state index contributed by atoms with van der Waals surface area (Å²) >= 11 is 0. The molecule has 2 aromatic rings. The largest absolute Gasteiger partial charge is 0.469 e. The van der Waals surface area contributed by atoms with E-state index in [1.54, 1.807) is 12.3 Å². The highest BCUT2D eigenvalue weighted by molar-refractivity contribution is 5.75. The number of carbonyl (C=O) groups is 1. The van der Waals surface area contributed by atoms with Gasteiger partial charge in [-0.2, -0.15) is 0 Å². The fourth-order valence-electron chi connectivity index (χ4n) is 2.00. The van der Waals surface area contributed by atoms with Crippen molar-refractivity contribution < 1.29 is 13.6 Å². The van der Waals surface area contributed by atoms with Gasteiger partial charge in [-0.05, 0) is 40.1 Å². The molecule has 2 rings (SSSR count). The zero-order valence-electron chi connectivity index (χ0n) is 13.3. The van der Waals surface area contributed by atoms with E-state index in [1.165, 1.54) is 0 Å². The third-order valence-corrected chi connectivity index (χ3v) is 3.23. The Kier molecular flexibility index (Phi) is 5.71. The molecule has 0 aliphatic rings. The summed E-state index contributed by atoms with van der Waals surface area (Å²) in [5.41, 5.74) is 0.784. The van der Waals surface area contributed by atoms with E-state index >= 15 is 0 Å². The number of hydrogen-bond donors (Lipinski definition) is 1. The summed E-state index contributed by atoms with van der Waals surface area (Å²) in [5, 5.41) is 10.8. The number of nitrogens with one attached hydrogen (secondary N) is 1. The van der Waals surface area contributed by atoms with Crippen molar-refractivity contribution in [3.8, 4) is 11.5 Å². The van der Waals surface area contributed by atoms with E-state index in [1.807, 2.05) is 21.0 Å². The zero-order chi connectivity index (χ0) is 15.9. The fraction of sp³-hybridized carbons (Fsp3) is 0.533. The molecular formula is C15H22N4O3. The van der Waals surface area contributed by atoms with Crippen LogP contribution in [0.5, 0.6) is 0 Å². The van der Waals surface area contributed by atoms with Crippen LogP contribution in [0.25, 0.3) is 11.5 Å². The van der Waals surface area contributed by atoms with Gasteiger partial charge in [0.1, 0.15) is 5.76 Å². The van der Waals surface area contributed by atoms with Gasteiger partial charge in [-0.25, -0.2) is 0 Å². The monoisotopic (exact) mass is 306 g/mol. The predicted molar refractivity (Wildman–Crippen MR) is 81.2 cm³/mol. The summed E-state index contributed by atoms with van der Waals surface area (Å²) in [6.45, 7) is 3.47. The molecule has 0 aliphatic heterocycles. The van der Waals surface area contributed by atoms with E-state index < -0.39 is 0 Å². The molecule has 0 unspecified atom stereocenters. The topological polar surface area (TPSA) is 84.4 Å². The van der Waals surface area contributed by atoms with Crippen molar-refractivity contribution in [2.24, 2.45) is 0 Å². The van der Waals surface area contributed by atoms with Gasteiger partial charge in [-0.1, -0.05) is 0 Å². The van der Waals surface area contributed by atoms with Crippen LogP contribution in [0, 0.1) is 6.92 Å². The molecule has 0 saturated heterocycles. The second-order valence-corrected chi connectivity index (χ2v) is 5.40. The van der Waals surface area contributed by atoms with Gasteiger partial charge < -0.3 is 19.1 Å². The molecular weight excluding hydrogens is 284 g/mol. The Hall–Kier alpha value is -2.15. The second-order valence-electron chi connectivity index (χ2n) is 5.40. The SMILES string of the molecule is Cc1occc1-c1nnc(CCC(=O)NCCCN(C)C)o1. The van der Waals surface area contributed by atoms with E-state index in [9.17, 15) is 4.79 Å². The first-order valence-electron chi connectivity index (χ1n) is 7.34. The predicted octanol–water partition coefficient (Wildman–Crippen LogP) is 1.64. The fourth-order valence-corrected chi connectivity index (χ4v) is 2.00. The molecule has 1 amide bonds. The molecule has 0 atom stereocenters. The number of amides is 1. The highest BCUT2D eigenvalue weighted by Gasteiger charge is 2.13. The lowest BCUT2D eigenvalue weighted by Gasteiger charge is -2.09. The summed E-state index contributed by atoms with van der Waals surface area (Å²) in [4.78, 5) is 13.8. The molecule has 0 radical (unpaired) electrons. The number of rotatable bonds is 8. The summed E-state index contributed by atoms with van der Waals surface area (Å²) in [5.74, 6) is 1.61. The lowest BCUT2D eigenvalue weighted by atomic mass is 10.2. The molecule has 0 aromatic carbocycles. The van der Waals surface area contributed by atoms with Crippen molar-refractivity contribution in [2.75, 3.05) is 27.2 Å². The lowest BCUT2D eigenvalue weighted by Crippen LogP contribution is -2.27. The van der Waals surface area contributed by atoms with Gasteiger partial charge in [-0.15, -0.1) is 10.2 Å². The zero-order valence-corrected chi connectivity index (χ0v) is 13.3. The molecule has 7 nitrogen and oxygen atoms in total. The van der Waals surface area contributed by atoms with Gasteiger partial charge in [-0.3, -0.25) is 4.79 Å². The summed E-state index contributed by atoms with van der Waals surface area (Å²) in [6.07, 6.45) is 3.29. The standard InChI is InChI=1S/C15H22N4O3/c1-11-12(7-10-21-11)15-18-17-14(22-15)6-5-13(20)16-8-4-9-19(2)3/h7,10H,4-6,8-9H2,1-3H3,(H,16,20). The van der Waals surface area contributed by atoms with Crippen LogP contribution in [-0.4, -0.2) is 48.2 Å². The van der Waals surface area contributed by atoms with E-state index in [0.29, 0.717) is 31.2 Å². The normalized spacial score (nSPS) is 11.1. The average molecular weight is 306 g/mol. The van der Waals surface area contributed by atoms with E-state index in [2.05, 4.69) is 20.4 Å². The van der Waals surface area contributed by atoms with Crippen molar-refractivity contribution >= 4 is 5.91 Å². The summed E-state index contributed by atoms with van der Waals surface area (Å²) in [6, 6.07) is 1.78. The number of furan rings is 1. The Morgan fingerprint density at radius 2 is 2.18 bits per heavy atom. The lowest BCUT2D eigenvalue weighted by molar-refractivity contribution is -0.121. The molecule has 2 aromatic heterocycles. The number of nitrogens with zero attached hydrogens (tertiary/aromatic N) is 3. The third-order valence-electron chi connectivity index (χ3n) is 3.23. The first kappa shape index (κ1) is 16.2. The van der Waals surface area contributed by atoms with Gasteiger partial charge in [0.15, 0.2) is 0 Å². The first-order chi connectivity index (χ1) is 10.6. The highest BCUT2D eigenvalue weighted by atomic mass is 16.4. The minimum Gasteiger partial charge on any atom is -0.469 e. The molecule has 0 fully saturated rings. The molecule has 1 N–H and O–H groups in total. The maximum atomic E-state index is 11.7. The number of aryl methyl sites for hydroxylation is 2. The van der Waals surface area contributed by atoms with Crippen molar-refractivity contribution in [3.63, 3.8) is 0 Å². The first-order valence-corrected chi connectivity index (χ1v) is 7.34. The second kappa shape index (κ2) is 7.74. The van der Waals surface area contributed by atoms with E-state index in [-0.39, 0.29) is 5.91 Å². The number of aromatic nitrogens is 2. The smallest absolute Gasteiger partial charge is 0.251 e. The molecule has 0 spiro atoms. The quantitative estimate of drug-likeness (QED) is 0.746. The number of carbonyl (C=O) groups excluding carboxylic acids is 1. The van der Waals surface area contributed by atoms with Crippen LogP contribution in [0.3, 0.4) is 0 Å². The van der Waals surface area contributed by atoms with Crippen LogP contribution >= 0.6 is 0 Å². The number of hydrogen-bond acceptors (Lipinski definition) is 6. The summed E-state index contributed by atoms with van der Waals surface area (Å²) in [7, 11) is 4.02. The van der Waals surface area contributed by atoms with Crippen molar-refractivity contribution in [1.29, 1.82) is 0 Å². The highest BCUT2D eigenvalue weighted by Crippen LogP contribution is 2.22. The van der Waals surface area contributed by atoms with Crippen LogP contribution in [-0.2, 0) is 11.2 Å².